The first kappa shape index (κ1) is 15.0. The molecule has 1 aliphatic heterocycles. The van der Waals surface area contributed by atoms with Gasteiger partial charge in [-0.2, -0.15) is 0 Å². The van der Waals surface area contributed by atoms with E-state index in [1.165, 1.54) is 0 Å². The molecule has 0 atom stereocenters. The fraction of sp³-hybridized carbons (Fsp3) is 0.235. The number of hydrogen-bond donors (Lipinski definition) is 1. The van der Waals surface area contributed by atoms with Gasteiger partial charge < -0.3 is 24.3 Å². The van der Waals surface area contributed by atoms with Crippen molar-refractivity contribution in [3.8, 4) is 23.0 Å². The zero-order valence-electron chi connectivity index (χ0n) is 12.7. The van der Waals surface area contributed by atoms with E-state index in [0.29, 0.717) is 30.2 Å². The minimum absolute atomic E-state index is 0.139. The number of methoxy groups -OCH3 is 1. The molecule has 0 saturated heterocycles. The van der Waals surface area contributed by atoms with Crippen molar-refractivity contribution in [2.45, 2.75) is 0 Å². The molecule has 1 aliphatic rings. The van der Waals surface area contributed by atoms with Crippen LogP contribution in [0.25, 0.3) is 0 Å². The van der Waals surface area contributed by atoms with E-state index < -0.39 is 0 Å². The minimum Gasteiger partial charge on any atom is -0.497 e. The third kappa shape index (κ3) is 3.48. The van der Waals surface area contributed by atoms with E-state index in [4.69, 9.17) is 18.9 Å². The summed E-state index contributed by atoms with van der Waals surface area (Å²) >= 11 is 0. The Labute approximate surface area is 133 Å². The molecule has 0 saturated carbocycles. The van der Waals surface area contributed by atoms with Crippen molar-refractivity contribution in [3.05, 3.63) is 48.0 Å². The summed E-state index contributed by atoms with van der Waals surface area (Å²) in [5.74, 6) is 2.35. The normalized spacial score (nSPS) is 11.9. The van der Waals surface area contributed by atoms with Crippen LogP contribution < -0.4 is 24.3 Å². The highest BCUT2D eigenvalue weighted by Gasteiger charge is 2.21. The smallest absolute Gasteiger partial charge is 0.255 e. The SMILES string of the molecule is COc1ccc(OCCNC(=O)c2cccc3c2OCO3)cc1. The maximum absolute atomic E-state index is 12.2. The summed E-state index contributed by atoms with van der Waals surface area (Å²) in [7, 11) is 1.61. The molecule has 6 heteroatoms. The van der Waals surface area contributed by atoms with Gasteiger partial charge in [0.25, 0.3) is 5.91 Å². The molecule has 3 rings (SSSR count). The monoisotopic (exact) mass is 315 g/mol. The first-order valence-electron chi connectivity index (χ1n) is 7.21. The van der Waals surface area contributed by atoms with E-state index in [9.17, 15) is 4.79 Å². The van der Waals surface area contributed by atoms with Gasteiger partial charge in [-0.1, -0.05) is 6.07 Å². The van der Waals surface area contributed by atoms with E-state index in [1.807, 2.05) is 24.3 Å². The van der Waals surface area contributed by atoms with Crippen LogP contribution >= 0.6 is 0 Å². The van der Waals surface area contributed by atoms with Crippen molar-refractivity contribution in [3.63, 3.8) is 0 Å². The molecule has 0 spiro atoms. The molecule has 0 fully saturated rings. The zero-order chi connectivity index (χ0) is 16.1. The Morgan fingerprint density at radius 1 is 1.13 bits per heavy atom. The second kappa shape index (κ2) is 6.91. The van der Waals surface area contributed by atoms with Gasteiger partial charge in [0.1, 0.15) is 18.1 Å². The Morgan fingerprint density at radius 2 is 1.91 bits per heavy atom. The average Bonchev–Trinajstić information content (AvgIpc) is 3.07. The number of ether oxygens (including phenoxy) is 4. The molecular weight excluding hydrogens is 298 g/mol. The first-order chi connectivity index (χ1) is 11.3. The molecule has 0 aromatic heterocycles. The molecule has 0 bridgehead atoms. The van der Waals surface area contributed by atoms with Crippen LogP contribution in [-0.2, 0) is 0 Å². The van der Waals surface area contributed by atoms with E-state index >= 15 is 0 Å². The van der Waals surface area contributed by atoms with Crippen molar-refractivity contribution in [2.75, 3.05) is 27.1 Å². The Morgan fingerprint density at radius 3 is 2.70 bits per heavy atom. The van der Waals surface area contributed by atoms with Crippen molar-refractivity contribution in [2.24, 2.45) is 0 Å². The van der Waals surface area contributed by atoms with E-state index in [0.717, 1.165) is 11.5 Å². The number of rotatable bonds is 6. The van der Waals surface area contributed by atoms with Crippen LogP contribution in [0.5, 0.6) is 23.0 Å². The lowest BCUT2D eigenvalue weighted by molar-refractivity contribution is 0.0942. The highest BCUT2D eigenvalue weighted by Crippen LogP contribution is 2.35. The van der Waals surface area contributed by atoms with Crippen molar-refractivity contribution in [1.82, 2.24) is 5.32 Å². The third-order valence-corrected chi connectivity index (χ3v) is 3.36. The highest BCUT2D eigenvalue weighted by atomic mass is 16.7. The standard InChI is InChI=1S/C17H17NO5/c1-20-12-5-7-13(8-6-12)21-10-9-18-17(19)14-3-2-4-15-16(14)23-11-22-15/h2-8H,9-11H2,1H3,(H,18,19). The van der Waals surface area contributed by atoms with Crippen molar-refractivity contribution in [1.29, 1.82) is 0 Å². The number of benzene rings is 2. The number of para-hydroxylation sites is 1. The summed E-state index contributed by atoms with van der Waals surface area (Å²) in [6.07, 6.45) is 0. The molecule has 2 aromatic carbocycles. The summed E-state index contributed by atoms with van der Waals surface area (Å²) in [6, 6.07) is 12.5. The largest absolute Gasteiger partial charge is 0.497 e. The lowest BCUT2D eigenvalue weighted by Gasteiger charge is -2.09. The quantitative estimate of drug-likeness (QED) is 0.828. The third-order valence-electron chi connectivity index (χ3n) is 3.36. The number of fused-ring (bicyclic) bond motifs is 1. The van der Waals surface area contributed by atoms with E-state index in [2.05, 4.69) is 5.32 Å². The Balaban J connectivity index is 1.49. The van der Waals surface area contributed by atoms with Gasteiger partial charge in [-0.05, 0) is 36.4 Å². The molecule has 0 unspecified atom stereocenters. The molecule has 1 heterocycles. The Kier molecular flexibility index (Phi) is 4.52. The number of nitrogens with one attached hydrogen (secondary N) is 1. The van der Waals surface area contributed by atoms with Gasteiger partial charge >= 0.3 is 0 Å². The van der Waals surface area contributed by atoms with Gasteiger partial charge in [-0.3, -0.25) is 4.79 Å². The van der Waals surface area contributed by atoms with Crippen molar-refractivity contribution >= 4 is 5.91 Å². The first-order valence-corrected chi connectivity index (χ1v) is 7.21. The lowest BCUT2D eigenvalue weighted by Crippen LogP contribution is -2.28. The summed E-state index contributed by atoms with van der Waals surface area (Å²) in [5, 5.41) is 2.80. The molecule has 0 aliphatic carbocycles. The molecular formula is C17H17NO5. The summed E-state index contributed by atoms with van der Waals surface area (Å²) in [4.78, 5) is 12.2. The highest BCUT2D eigenvalue weighted by molar-refractivity contribution is 5.97. The second-order valence-electron chi connectivity index (χ2n) is 4.82. The minimum atomic E-state index is -0.217. The van der Waals surface area contributed by atoms with Gasteiger partial charge in [0.2, 0.25) is 6.79 Å². The van der Waals surface area contributed by atoms with Gasteiger partial charge in [-0.25, -0.2) is 0 Å². The van der Waals surface area contributed by atoms with Crippen LogP contribution in [-0.4, -0.2) is 33.0 Å². The summed E-state index contributed by atoms with van der Waals surface area (Å²) in [5.41, 5.74) is 0.462. The average molecular weight is 315 g/mol. The molecule has 0 radical (unpaired) electrons. The second-order valence-corrected chi connectivity index (χ2v) is 4.82. The van der Waals surface area contributed by atoms with Gasteiger partial charge in [0, 0.05) is 0 Å². The fourth-order valence-electron chi connectivity index (χ4n) is 2.21. The van der Waals surface area contributed by atoms with E-state index in [-0.39, 0.29) is 12.7 Å². The van der Waals surface area contributed by atoms with Crippen molar-refractivity contribution < 1.29 is 23.7 Å². The van der Waals surface area contributed by atoms with Crippen LogP contribution in [0.4, 0.5) is 0 Å². The van der Waals surface area contributed by atoms with Gasteiger partial charge in [-0.15, -0.1) is 0 Å². The zero-order valence-corrected chi connectivity index (χ0v) is 12.7. The maximum atomic E-state index is 12.2. The van der Waals surface area contributed by atoms with Crippen LogP contribution in [0.1, 0.15) is 10.4 Å². The van der Waals surface area contributed by atoms with Crippen LogP contribution in [0.15, 0.2) is 42.5 Å². The molecule has 6 nitrogen and oxygen atoms in total. The van der Waals surface area contributed by atoms with Crippen LogP contribution in [0.2, 0.25) is 0 Å². The molecule has 1 N–H and O–H groups in total. The number of carbonyl (C=O) groups is 1. The Bertz CT molecular complexity index is 684. The summed E-state index contributed by atoms with van der Waals surface area (Å²) in [6.45, 7) is 0.889. The fourth-order valence-corrected chi connectivity index (χ4v) is 2.21. The number of carbonyl (C=O) groups excluding carboxylic acids is 1. The van der Waals surface area contributed by atoms with Gasteiger partial charge in [0.15, 0.2) is 11.5 Å². The molecule has 23 heavy (non-hydrogen) atoms. The van der Waals surface area contributed by atoms with E-state index in [1.54, 1.807) is 25.3 Å². The number of amides is 1. The molecule has 120 valence electrons. The van der Waals surface area contributed by atoms with Crippen LogP contribution in [0.3, 0.4) is 0 Å². The molecule has 1 amide bonds. The predicted octanol–water partition coefficient (Wildman–Crippen LogP) is 2.23. The maximum Gasteiger partial charge on any atom is 0.255 e. The van der Waals surface area contributed by atoms with Crippen LogP contribution in [0, 0.1) is 0 Å². The predicted molar refractivity (Wildman–Crippen MR) is 83.4 cm³/mol. The lowest BCUT2D eigenvalue weighted by atomic mass is 10.1. The Hall–Kier alpha value is -2.89. The topological polar surface area (TPSA) is 66.0 Å². The number of hydrogen-bond acceptors (Lipinski definition) is 5. The molecule has 2 aromatic rings. The van der Waals surface area contributed by atoms with Gasteiger partial charge in [0.05, 0.1) is 19.2 Å². The summed E-state index contributed by atoms with van der Waals surface area (Å²) < 4.78 is 21.2.